The summed E-state index contributed by atoms with van der Waals surface area (Å²) in [6, 6.07) is 5.12. The van der Waals surface area contributed by atoms with E-state index < -0.39 is 17.8 Å². The molecule has 16 heavy (non-hydrogen) atoms. The number of hydrogen-bond acceptors (Lipinski definition) is 2. The van der Waals surface area contributed by atoms with Gasteiger partial charge in [-0.15, -0.1) is 0 Å². The molecule has 2 nitrogen and oxygen atoms in total. The number of nitrogens with two attached hydrogens (primary N) is 1. The second-order valence-electron chi connectivity index (χ2n) is 3.80. The zero-order chi connectivity index (χ0) is 12.3. The maximum Gasteiger partial charge on any atom is 0.416 e. The van der Waals surface area contributed by atoms with Crippen LogP contribution in [0.3, 0.4) is 0 Å². The van der Waals surface area contributed by atoms with E-state index in [0.717, 1.165) is 6.07 Å². The first-order valence-electron chi connectivity index (χ1n) is 4.90. The second-order valence-corrected chi connectivity index (χ2v) is 3.80. The Balaban J connectivity index is 3.22. The van der Waals surface area contributed by atoms with Gasteiger partial charge in [0.25, 0.3) is 0 Å². The molecule has 1 aromatic carbocycles. The number of alkyl halides is 3. The van der Waals surface area contributed by atoms with Crippen LogP contribution in [0.2, 0.25) is 0 Å². The van der Waals surface area contributed by atoms with Gasteiger partial charge in [0, 0.05) is 12.6 Å². The Labute approximate surface area is 92.9 Å². The van der Waals surface area contributed by atoms with Crippen LogP contribution >= 0.6 is 0 Å². The minimum Gasteiger partial charge on any atom is -0.329 e. The minimum atomic E-state index is -4.33. The van der Waals surface area contributed by atoms with Crippen LogP contribution in [0.25, 0.3) is 0 Å². The standard InChI is InChI=1S/C11H15F3N2/c1-16(2)10(7-15)8-5-3-4-6-9(8)11(12,13)14/h3-6,10H,7,15H2,1-2H3/t10-/m1/s1. The van der Waals surface area contributed by atoms with Gasteiger partial charge in [-0.3, -0.25) is 0 Å². The summed E-state index contributed by atoms with van der Waals surface area (Å²) in [6.45, 7) is 0.153. The average molecular weight is 232 g/mol. The van der Waals surface area contributed by atoms with Crippen molar-refractivity contribution in [1.29, 1.82) is 0 Å². The molecule has 0 unspecified atom stereocenters. The highest BCUT2D eigenvalue weighted by Crippen LogP contribution is 2.35. The van der Waals surface area contributed by atoms with Crippen LogP contribution in [0.4, 0.5) is 13.2 Å². The minimum absolute atomic E-state index is 0.153. The van der Waals surface area contributed by atoms with Gasteiger partial charge in [0.2, 0.25) is 0 Å². The van der Waals surface area contributed by atoms with Crippen molar-refractivity contribution in [3.8, 4) is 0 Å². The van der Waals surface area contributed by atoms with Crippen molar-refractivity contribution in [3.05, 3.63) is 35.4 Å². The Hall–Kier alpha value is -1.07. The van der Waals surface area contributed by atoms with Gasteiger partial charge in [-0.1, -0.05) is 18.2 Å². The highest BCUT2D eigenvalue weighted by molar-refractivity contribution is 5.32. The molecular formula is C11H15F3N2. The quantitative estimate of drug-likeness (QED) is 0.866. The third-order valence-electron chi connectivity index (χ3n) is 2.47. The molecule has 90 valence electrons. The fraction of sp³-hybridized carbons (Fsp3) is 0.455. The lowest BCUT2D eigenvalue weighted by molar-refractivity contribution is -0.138. The molecule has 5 heteroatoms. The van der Waals surface area contributed by atoms with Gasteiger partial charge in [0.15, 0.2) is 0 Å². The molecule has 0 amide bonds. The SMILES string of the molecule is CN(C)[C@H](CN)c1ccccc1C(F)(F)F. The van der Waals surface area contributed by atoms with Crippen LogP contribution in [0.15, 0.2) is 24.3 Å². The molecule has 0 aromatic heterocycles. The number of likely N-dealkylation sites (N-methyl/N-ethyl adjacent to an activating group) is 1. The van der Waals surface area contributed by atoms with Gasteiger partial charge < -0.3 is 10.6 Å². The Bertz CT molecular complexity index is 347. The molecule has 0 aliphatic rings. The summed E-state index contributed by atoms with van der Waals surface area (Å²) in [4.78, 5) is 1.69. The van der Waals surface area contributed by atoms with E-state index in [1.54, 1.807) is 25.1 Å². The average Bonchev–Trinajstić information content (AvgIpc) is 2.17. The Morgan fingerprint density at radius 2 is 1.81 bits per heavy atom. The lowest BCUT2D eigenvalue weighted by Gasteiger charge is -2.26. The fourth-order valence-corrected chi connectivity index (χ4v) is 1.66. The van der Waals surface area contributed by atoms with Crippen LogP contribution in [-0.4, -0.2) is 25.5 Å². The van der Waals surface area contributed by atoms with Gasteiger partial charge >= 0.3 is 6.18 Å². The molecule has 0 radical (unpaired) electrons. The van der Waals surface area contributed by atoms with Crippen LogP contribution < -0.4 is 5.73 Å². The third kappa shape index (κ3) is 2.74. The van der Waals surface area contributed by atoms with E-state index in [1.807, 2.05) is 0 Å². The van der Waals surface area contributed by atoms with E-state index in [4.69, 9.17) is 5.73 Å². The van der Waals surface area contributed by atoms with Crippen LogP contribution in [0, 0.1) is 0 Å². The van der Waals surface area contributed by atoms with Gasteiger partial charge in [-0.05, 0) is 25.7 Å². The molecule has 0 spiro atoms. The zero-order valence-electron chi connectivity index (χ0n) is 9.25. The monoisotopic (exact) mass is 232 g/mol. The number of nitrogens with zero attached hydrogens (tertiary/aromatic N) is 1. The third-order valence-corrected chi connectivity index (χ3v) is 2.47. The molecule has 2 N–H and O–H groups in total. The van der Waals surface area contributed by atoms with Crippen molar-refractivity contribution < 1.29 is 13.2 Å². The molecule has 0 bridgehead atoms. The van der Waals surface area contributed by atoms with Gasteiger partial charge in [-0.2, -0.15) is 13.2 Å². The van der Waals surface area contributed by atoms with Crippen molar-refractivity contribution >= 4 is 0 Å². The van der Waals surface area contributed by atoms with E-state index in [-0.39, 0.29) is 12.1 Å². The summed E-state index contributed by atoms with van der Waals surface area (Å²) < 4.78 is 38.2. The van der Waals surface area contributed by atoms with Crippen molar-refractivity contribution in [3.63, 3.8) is 0 Å². The number of hydrogen-bond donors (Lipinski definition) is 1. The first kappa shape index (κ1) is 13.0. The Kier molecular flexibility index (Phi) is 3.93. The fourth-order valence-electron chi connectivity index (χ4n) is 1.66. The summed E-state index contributed by atoms with van der Waals surface area (Å²) >= 11 is 0. The van der Waals surface area contributed by atoms with E-state index >= 15 is 0 Å². The topological polar surface area (TPSA) is 29.3 Å². The molecule has 1 aromatic rings. The van der Waals surface area contributed by atoms with Gasteiger partial charge in [0.05, 0.1) is 5.56 Å². The molecule has 0 saturated heterocycles. The van der Waals surface area contributed by atoms with Crippen LogP contribution in [0.1, 0.15) is 17.2 Å². The molecule has 0 heterocycles. The van der Waals surface area contributed by atoms with E-state index in [2.05, 4.69) is 0 Å². The summed E-state index contributed by atoms with van der Waals surface area (Å²) in [7, 11) is 3.43. The zero-order valence-corrected chi connectivity index (χ0v) is 9.25. The van der Waals surface area contributed by atoms with Crippen molar-refractivity contribution in [2.75, 3.05) is 20.6 Å². The maximum absolute atomic E-state index is 12.7. The van der Waals surface area contributed by atoms with Gasteiger partial charge in [0.1, 0.15) is 0 Å². The van der Waals surface area contributed by atoms with Crippen molar-refractivity contribution in [1.82, 2.24) is 4.90 Å². The molecule has 1 atom stereocenters. The summed E-state index contributed by atoms with van der Waals surface area (Å²) in [5, 5.41) is 0. The number of benzene rings is 1. The van der Waals surface area contributed by atoms with Crippen LogP contribution in [0.5, 0.6) is 0 Å². The van der Waals surface area contributed by atoms with E-state index in [9.17, 15) is 13.2 Å². The van der Waals surface area contributed by atoms with Gasteiger partial charge in [-0.25, -0.2) is 0 Å². The highest BCUT2D eigenvalue weighted by Gasteiger charge is 2.34. The predicted octanol–water partition coefficient (Wildman–Crippen LogP) is 2.27. The number of halogens is 3. The molecular weight excluding hydrogens is 217 g/mol. The predicted molar refractivity (Wildman–Crippen MR) is 56.9 cm³/mol. The first-order chi connectivity index (χ1) is 7.38. The summed E-state index contributed by atoms with van der Waals surface area (Å²) in [6.07, 6.45) is -4.33. The molecule has 0 aliphatic carbocycles. The van der Waals surface area contributed by atoms with E-state index in [0.29, 0.717) is 0 Å². The second kappa shape index (κ2) is 4.84. The highest BCUT2D eigenvalue weighted by atomic mass is 19.4. The Morgan fingerprint density at radius 3 is 2.25 bits per heavy atom. The normalized spacial score (nSPS) is 14.2. The van der Waals surface area contributed by atoms with Crippen LogP contribution in [-0.2, 0) is 6.18 Å². The maximum atomic E-state index is 12.7. The van der Waals surface area contributed by atoms with E-state index in [1.165, 1.54) is 12.1 Å². The summed E-state index contributed by atoms with van der Waals surface area (Å²) in [5.74, 6) is 0. The lowest BCUT2D eigenvalue weighted by Crippen LogP contribution is -2.29. The lowest BCUT2D eigenvalue weighted by atomic mass is 9.99. The van der Waals surface area contributed by atoms with Crippen molar-refractivity contribution in [2.45, 2.75) is 12.2 Å². The molecule has 0 saturated carbocycles. The first-order valence-corrected chi connectivity index (χ1v) is 4.90. The Morgan fingerprint density at radius 1 is 1.25 bits per heavy atom. The molecule has 0 fully saturated rings. The summed E-state index contributed by atoms with van der Waals surface area (Å²) in [5.41, 5.74) is 5.12. The van der Waals surface area contributed by atoms with Crippen molar-refractivity contribution in [2.24, 2.45) is 5.73 Å². The number of rotatable bonds is 3. The smallest absolute Gasteiger partial charge is 0.329 e. The molecule has 1 rings (SSSR count). The largest absolute Gasteiger partial charge is 0.416 e. The molecule has 0 aliphatic heterocycles.